The zero-order chi connectivity index (χ0) is 13.1. The molecule has 0 heterocycles. The van der Waals surface area contributed by atoms with Gasteiger partial charge in [0.1, 0.15) is 0 Å². The summed E-state index contributed by atoms with van der Waals surface area (Å²) in [6.45, 7) is 9.01. The van der Waals surface area contributed by atoms with Crippen LogP contribution in [-0.4, -0.2) is 32.3 Å². The average Bonchev–Trinajstić information content (AvgIpc) is 2.26. The molecule has 0 aliphatic heterocycles. The smallest absolute Gasteiger partial charge is 0.0963 e. The predicted octanol–water partition coefficient (Wildman–Crippen LogP) is 2.56. The lowest BCUT2D eigenvalue weighted by Gasteiger charge is -2.22. The maximum atomic E-state index is 7.42. The number of unbranched alkanes of at least 4 members (excludes halogenated alkanes) is 1. The normalized spacial score (nSPS) is 11.7. The van der Waals surface area contributed by atoms with Crippen molar-refractivity contribution in [2.24, 2.45) is 11.1 Å². The van der Waals surface area contributed by atoms with Crippen LogP contribution in [0.4, 0.5) is 0 Å². The number of hydrogen-bond donors (Lipinski definition) is 2. The summed E-state index contributed by atoms with van der Waals surface area (Å²) in [6, 6.07) is 0. The van der Waals surface area contributed by atoms with Crippen LogP contribution in [0.25, 0.3) is 0 Å². The van der Waals surface area contributed by atoms with Gasteiger partial charge in [-0.2, -0.15) is 0 Å². The van der Waals surface area contributed by atoms with Crippen molar-refractivity contribution in [2.45, 2.75) is 46.5 Å². The fraction of sp³-hybridized carbons (Fsp3) is 0.923. The maximum Gasteiger partial charge on any atom is 0.0963 e. The first kappa shape index (κ1) is 16.4. The number of nitrogens with two attached hydrogens (primary N) is 1. The van der Waals surface area contributed by atoms with Gasteiger partial charge in [-0.1, -0.05) is 27.2 Å². The van der Waals surface area contributed by atoms with Gasteiger partial charge in [-0.3, -0.25) is 5.41 Å². The molecular weight excluding hydrogens is 216 g/mol. The molecule has 0 amide bonds. The van der Waals surface area contributed by atoms with Crippen LogP contribution in [-0.2, 0) is 9.47 Å². The summed E-state index contributed by atoms with van der Waals surface area (Å²) in [4.78, 5) is 0. The van der Waals surface area contributed by atoms with Crippen LogP contribution in [0.15, 0.2) is 0 Å². The van der Waals surface area contributed by atoms with Gasteiger partial charge >= 0.3 is 0 Å². The molecule has 0 aromatic carbocycles. The lowest BCUT2D eigenvalue weighted by molar-refractivity contribution is 0.0440. The van der Waals surface area contributed by atoms with Gasteiger partial charge in [-0.25, -0.2) is 0 Å². The van der Waals surface area contributed by atoms with Crippen molar-refractivity contribution in [3.8, 4) is 0 Å². The minimum Gasteiger partial charge on any atom is -0.387 e. The molecular formula is C13H28N2O2. The Balaban J connectivity index is 3.27. The van der Waals surface area contributed by atoms with Crippen molar-refractivity contribution in [1.29, 1.82) is 5.41 Å². The van der Waals surface area contributed by atoms with Crippen molar-refractivity contribution in [3.63, 3.8) is 0 Å². The summed E-state index contributed by atoms with van der Waals surface area (Å²) in [6.07, 6.45) is 4.11. The van der Waals surface area contributed by atoms with Gasteiger partial charge in [-0.05, 0) is 19.3 Å². The first-order valence-electron chi connectivity index (χ1n) is 6.50. The van der Waals surface area contributed by atoms with Gasteiger partial charge in [0.15, 0.2) is 0 Å². The third-order valence-corrected chi connectivity index (χ3v) is 2.83. The van der Waals surface area contributed by atoms with Crippen molar-refractivity contribution in [1.82, 2.24) is 0 Å². The molecule has 0 aromatic heterocycles. The molecule has 0 saturated carbocycles. The van der Waals surface area contributed by atoms with E-state index in [0.29, 0.717) is 19.8 Å². The lowest BCUT2D eigenvalue weighted by atomic mass is 9.87. The fourth-order valence-electron chi connectivity index (χ4n) is 1.32. The third-order valence-electron chi connectivity index (χ3n) is 2.83. The Bertz CT molecular complexity index is 206. The van der Waals surface area contributed by atoms with E-state index in [1.807, 2.05) is 13.8 Å². The summed E-state index contributed by atoms with van der Waals surface area (Å²) >= 11 is 0. The summed E-state index contributed by atoms with van der Waals surface area (Å²) in [7, 11) is 0. The Morgan fingerprint density at radius 1 is 1.06 bits per heavy atom. The van der Waals surface area contributed by atoms with Gasteiger partial charge in [0.2, 0.25) is 0 Å². The van der Waals surface area contributed by atoms with E-state index in [1.54, 1.807) is 0 Å². The molecule has 4 heteroatoms. The van der Waals surface area contributed by atoms with Gasteiger partial charge in [0.25, 0.3) is 0 Å². The largest absolute Gasteiger partial charge is 0.387 e. The fourth-order valence-corrected chi connectivity index (χ4v) is 1.32. The number of nitrogens with one attached hydrogen (secondary N) is 1. The van der Waals surface area contributed by atoms with E-state index in [2.05, 4.69) is 6.92 Å². The Morgan fingerprint density at radius 3 is 2.06 bits per heavy atom. The molecule has 102 valence electrons. The van der Waals surface area contributed by atoms with Gasteiger partial charge in [-0.15, -0.1) is 0 Å². The van der Waals surface area contributed by atoms with Crippen LogP contribution in [0.1, 0.15) is 46.5 Å². The van der Waals surface area contributed by atoms with Crippen LogP contribution in [0.5, 0.6) is 0 Å². The molecule has 0 spiro atoms. The number of hydrogen-bond acceptors (Lipinski definition) is 3. The van der Waals surface area contributed by atoms with Crippen molar-refractivity contribution in [2.75, 3.05) is 26.4 Å². The summed E-state index contributed by atoms with van der Waals surface area (Å²) in [5.74, 6) is 0.250. The summed E-state index contributed by atoms with van der Waals surface area (Å²) in [5, 5.41) is 7.42. The molecule has 0 radical (unpaired) electrons. The van der Waals surface area contributed by atoms with Crippen LogP contribution >= 0.6 is 0 Å². The van der Waals surface area contributed by atoms with Gasteiger partial charge in [0.05, 0.1) is 19.0 Å². The molecule has 0 atom stereocenters. The average molecular weight is 244 g/mol. The number of amidine groups is 1. The highest BCUT2D eigenvalue weighted by molar-refractivity contribution is 5.82. The van der Waals surface area contributed by atoms with E-state index in [4.69, 9.17) is 20.6 Å². The Labute approximate surface area is 105 Å². The zero-order valence-corrected chi connectivity index (χ0v) is 11.6. The predicted molar refractivity (Wildman–Crippen MR) is 71.5 cm³/mol. The molecule has 17 heavy (non-hydrogen) atoms. The first-order valence-corrected chi connectivity index (χ1v) is 6.50. The van der Waals surface area contributed by atoms with Gasteiger partial charge < -0.3 is 15.2 Å². The Morgan fingerprint density at radius 2 is 1.59 bits per heavy atom. The summed E-state index contributed by atoms with van der Waals surface area (Å²) < 4.78 is 10.8. The van der Waals surface area contributed by atoms with E-state index in [-0.39, 0.29) is 11.3 Å². The van der Waals surface area contributed by atoms with E-state index < -0.39 is 0 Å². The zero-order valence-electron chi connectivity index (χ0n) is 11.6. The molecule has 3 N–H and O–H groups in total. The maximum absolute atomic E-state index is 7.42. The molecule has 0 aliphatic rings. The molecule has 0 saturated heterocycles. The second-order valence-corrected chi connectivity index (χ2v) is 4.98. The van der Waals surface area contributed by atoms with Crippen molar-refractivity contribution >= 4 is 5.84 Å². The minimum atomic E-state index is -0.207. The second-order valence-electron chi connectivity index (χ2n) is 4.98. The molecule has 4 nitrogen and oxygen atoms in total. The van der Waals surface area contributed by atoms with Gasteiger partial charge in [0, 0.05) is 18.6 Å². The number of ether oxygens (including phenoxy) is 2. The molecule has 0 unspecified atom stereocenters. The SMILES string of the molecule is CCCCOCCOCCCC(C)(C)C(=N)N. The van der Waals surface area contributed by atoms with Crippen LogP contribution in [0.2, 0.25) is 0 Å². The highest BCUT2D eigenvalue weighted by Crippen LogP contribution is 2.21. The van der Waals surface area contributed by atoms with Crippen molar-refractivity contribution < 1.29 is 9.47 Å². The monoisotopic (exact) mass is 244 g/mol. The second kappa shape index (κ2) is 9.42. The standard InChI is InChI=1S/C13H28N2O2/c1-4-5-8-16-10-11-17-9-6-7-13(2,3)12(14)15/h4-11H2,1-3H3,(H3,14,15). The Hall–Kier alpha value is -0.610. The molecule has 0 aromatic rings. The van der Waals surface area contributed by atoms with Crippen LogP contribution in [0, 0.1) is 10.8 Å². The Kier molecular flexibility index (Phi) is 9.09. The molecule has 0 bridgehead atoms. The van der Waals surface area contributed by atoms with Crippen LogP contribution < -0.4 is 5.73 Å². The van der Waals surface area contributed by atoms with E-state index in [0.717, 1.165) is 25.9 Å². The highest BCUT2D eigenvalue weighted by atomic mass is 16.5. The van der Waals surface area contributed by atoms with E-state index in [1.165, 1.54) is 6.42 Å². The lowest BCUT2D eigenvalue weighted by Crippen LogP contribution is -2.31. The summed E-state index contributed by atoms with van der Waals surface area (Å²) in [5.41, 5.74) is 5.29. The quantitative estimate of drug-likeness (QED) is 0.333. The first-order chi connectivity index (χ1) is 8.00. The molecule has 0 aliphatic carbocycles. The highest BCUT2D eigenvalue weighted by Gasteiger charge is 2.20. The third kappa shape index (κ3) is 9.12. The molecule has 0 rings (SSSR count). The minimum absolute atomic E-state index is 0.207. The van der Waals surface area contributed by atoms with Crippen LogP contribution in [0.3, 0.4) is 0 Å². The molecule has 0 fully saturated rings. The van der Waals surface area contributed by atoms with Crippen molar-refractivity contribution in [3.05, 3.63) is 0 Å². The van der Waals surface area contributed by atoms with E-state index >= 15 is 0 Å². The van der Waals surface area contributed by atoms with E-state index in [9.17, 15) is 0 Å². The topological polar surface area (TPSA) is 68.3 Å². The number of rotatable bonds is 11.